The maximum atomic E-state index is 13.6. The molecule has 5 heteroatoms. The fraction of sp³-hybridized carbons (Fsp3) is 0.278. The highest BCUT2D eigenvalue weighted by molar-refractivity contribution is 5.79. The van der Waals surface area contributed by atoms with Gasteiger partial charge in [-0.1, -0.05) is 30.3 Å². The van der Waals surface area contributed by atoms with Gasteiger partial charge in [-0.05, 0) is 30.2 Å². The summed E-state index contributed by atoms with van der Waals surface area (Å²) in [7, 11) is 3.36. The van der Waals surface area contributed by atoms with Gasteiger partial charge in [0.2, 0.25) is 0 Å². The molecule has 2 N–H and O–H groups in total. The Bertz CT molecular complexity index is 658. The second-order valence-electron chi connectivity index (χ2n) is 5.05. The van der Waals surface area contributed by atoms with E-state index >= 15 is 0 Å². The molecule has 0 saturated carbocycles. The molecular formula is C18H22FN3O. The minimum absolute atomic E-state index is 0.216. The lowest BCUT2D eigenvalue weighted by Gasteiger charge is -2.12. The van der Waals surface area contributed by atoms with Crippen LogP contribution in [0.25, 0.3) is 0 Å². The lowest BCUT2D eigenvalue weighted by Crippen LogP contribution is -2.38. The molecule has 23 heavy (non-hydrogen) atoms. The van der Waals surface area contributed by atoms with Crippen LogP contribution in [0.15, 0.2) is 53.5 Å². The second-order valence-corrected chi connectivity index (χ2v) is 5.05. The maximum absolute atomic E-state index is 13.6. The van der Waals surface area contributed by atoms with E-state index in [0.29, 0.717) is 18.1 Å². The lowest BCUT2D eigenvalue weighted by atomic mass is 10.1. The third-order valence-corrected chi connectivity index (χ3v) is 3.47. The highest BCUT2D eigenvalue weighted by Gasteiger charge is 2.03. The molecule has 0 fully saturated rings. The first-order chi connectivity index (χ1) is 11.2. The summed E-state index contributed by atoms with van der Waals surface area (Å²) in [5.74, 6) is 1.28. The quantitative estimate of drug-likeness (QED) is 0.636. The third-order valence-electron chi connectivity index (χ3n) is 3.47. The predicted molar refractivity (Wildman–Crippen MR) is 91.3 cm³/mol. The Hall–Kier alpha value is -2.56. The molecule has 122 valence electrons. The number of nitrogens with one attached hydrogen (secondary N) is 2. The molecular weight excluding hydrogens is 293 g/mol. The predicted octanol–water partition coefficient (Wildman–Crippen LogP) is 2.74. The smallest absolute Gasteiger partial charge is 0.191 e. The number of methoxy groups -OCH3 is 1. The van der Waals surface area contributed by atoms with Crippen LogP contribution in [0.3, 0.4) is 0 Å². The number of hydrogen-bond donors (Lipinski definition) is 2. The summed E-state index contributed by atoms with van der Waals surface area (Å²) in [6, 6.07) is 14.7. The Morgan fingerprint density at radius 1 is 1.13 bits per heavy atom. The van der Waals surface area contributed by atoms with Gasteiger partial charge in [-0.15, -0.1) is 0 Å². The molecule has 0 saturated heterocycles. The van der Waals surface area contributed by atoms with E-state index in [1.54, 1.807) is 26.3 Å². The van der Waals surface area contributed by atoms with E-state index in [0.717, 1.165) is 18.7 Å². The van der Waals surface area contributed by atoms with Crippen molar-refractivity contribution in [1.29, 1.82) is 0 Å². The van der Waals surface area contributed by atoms with Crippen molar-refractivity contribution in [3.05, 3.63) is 65.5 Å². The zero-order valence-corrected chi connectivity index (χ0v) is 13.5. The van der Waals surface area contributed by atoms with Gasteiger partial charge in [0.1, 0.15) is 11.6 Å². The van der Waals surface area contributed by atoms with Crippen molar-refractivity contribution < 1.29 is 9.13 Å². The SMILES string of the molecule is CN=C(NCCc1cccc(OC)c1)NCc1ccccc1F. The molecule has 0 bridgehead atoms. The normalized spacial score (nSPS) is 11.2. The van der Waals surface area contributed by atoms with E-state index in [9.17, 15) is 4.39 Å². The fourth-order valence-corrected chi connectivity index (χ4v) is 2.19. The number of hydrogen-bond acceptors (Lipinski definition) is 2. The van der Waals surface area contributed by atoms with Gasteiger partial charge in [-0.25, -0.2) is 4.39 Å². The Morgan fingerprint density at radius 2 is 1.96 bits per heavy atom. The molecule has 0 aliphatic heterocycles. The van der Waals surface area contributed by atoms with Gasteiger partial charge in [0, 0.05) is 25.7 Å². The van der Waals surface area contributed by atoms with Crippen LogP contribution in [-0.2, 0) is 13.0 Å². The van der Waals surface area contributed by atoms with Crippen molar-refractivity contribution in [2.75, 3.05) is 20.7 Å². The first kappa shape index (κ1) is 16.8. The second kappa shape index (κ2) is 8.78. The molecule has 0 atom stereocenters. The summed E-state index contributed by atoms with van der Waals surface area (Å²) < 4.78 is 18.8. The van der Waals surface area contributed by atoms with Gasteiger partial charge in [0.25, 0.3) is 0 Å². The Balaban J connectivity index is 1.80. The first-order valence-corrected chi connectivity index (χ1v) is 7.54. The van der Waals surface area contributed by atoms with Crippen LogP contribution in [0.2, 0.25) is 0 Å². The minimum atomic E-state index is -0.216. The maximum Gasteiger partial charge on any atom is 0.191 e. The van der Waals surface area contributed by atoms with E-state index in [2.05, 4.69) is 21.7 Å². The number of rotatable bonds is 6. The van der Waals surface area contributed by atoms with Crippen molar-refractivity contribution in [3.8, 4) is 5.75 Å². The van der Waals surface area contributed by atoms with Crippen molar-refractivity contribution in [2.45, 2.75) is 13.0 Å². The average Bonchev–Trinajstić information content (AvgIpc) is 2.59. The summed E-state index contributed by atoms with van der Waals surface area (Å²) in [6.45, 7) is 1.12. The molecule has 4 nitrogen and oxygen atoms in total. The molecule has 0 aromatic heterocycles. The molecule has 0 radical (unpaired) electrons. The largest absolute Gasteiger partial charge is 0.497 e. The molecule has 0 heterocycles. The monoisotopic (exact) mass is 315 g/mol. The van der Waals surface area contributed by atoms with Crippen LogP contribution in [0, 0.1) is 5.82 Å². The van der Waals surface area contributed by atoms with Gasteiger partial charge in [0.05, 0.1) is 7.11 Å². The lowest BCUT2D eigenvalue weighted by molar-refractivity contribution is 0.414. The van der Waals surface area contributed by atoms with Gasteiger partial charge in [0.15, 0.2) is 5.96 Å². The van der Waals surface area contributed by atoms with Crippen LogP contribution >= 0.6 is 0 Å². The third kappa shape index (κ3) is 5.29. The number of aliphatic imine (C=N–C) groups is 1. The van der Waals surface area contributed by atoms with Crippen LogP contribution in [0.1, 0.15) is 11.1 Å². The first-order valence-electron chi connectivity index (χ1n) is 7.54. The summed E-state index contributed by atoms with van der Waals surface area (Å²) in [6.07, 6.45) is 0.845. The van der Waals surface area contributed by atoms with E-state index in [4.69, 9.17) is 4.74 Å². The summed E-state index contributed by atoms with van der Waals surface area (Å²) in [4.78, 5) is 4.14. The van der Waals surface area contributed by atoms with E-state index in [1.165, 1.54) is 11.6 Å². The number of nitrogens with zero attached hydrogens (tertiary/aromatic N) is 1. The molecule has 2 aromatic rings. The van der Waals surface area contributed by atoms with E-state index < -0.39 is 0 Å². The number of halogens is 1. The molecule has 0 aliphatic carbocycles. The van der Waals surface area contributed by atoms with Gasteiger partial charge in [-0.2, -0.15) is 0 Å². The fourth-order valence-electron chi connectivity index (χ4n) is 2.19. The Kier molecular flexibility index (Phi) is 6.41. The van der Waals surface area contributed by atoms with Crippen molar-refractivity contribution >= 4 is 5.96 Å². The van der Waals surface area contributed by atoms with Crippen LogP contribution in [0.5, 0.6) is 5.75 Å². The molecule has 0 amide bonds. The van der Waals surface area contributed by atoms with Crippen LogP contribution < -0.4 is 15.4 Å². The van der Waals surface area contributed by atoms with Gasteiger partial charge >= 0.3 is 0 Å². The standard InChI is InChI=1S/C18H22FN3O/c1-20-18(22-13-15-7-3-4-9-17(15)19)21-11-10-14-6-5-8-16(12-14)23-2/h3-9,12H,10-11,13H2,1-2H3,(H2,20,21,22). The van der Waals surface area contributed by atoms with E-state index in [-0.39, 0.29) is 5.82 Å². The molecule has 0 unspecified atom stereocenters. The Labute approximate surface area is 136 Å². The van der Waals surface area contributed by atoms with Crippen LogP contribution in [-0.4, -0.2) is 26.7 Å². The van der Waals surface area contributed by atoms with Crippen molar-refractivity contribution in [3.63, 3.8) is 0 Å². The highest BCUT2D eigenvalue weighted by Crippen LogP contribution is 2.12. The van der Waals surface area contributed by atoms with E-state index in [1.807, 2.05) is 24.3 Å². The molecule has 2 rings (SSSR count). The average molecular weight is 315 g/mol. The van der Waals surface area contributed by atoms with Gasteiger partial charge < -0.3 is 15.4 Å². The zero-order chi connectivity index (χ0) is 16.5. The molecule has 0 spiro atoms. The summed E-state index contributed by atoms with van der Waals surface area (Å²) in [5.41, 5.74) is 1.80. The van der Waals surface area contributed by atoms with Crippen LogP contribution in [0.4, 0.5) is 4.39 Å². The highest BCUT2D eigenvalue weighted by atomic mass is 19.1. The van der Waals surface area contributed by atoms with Crippen molar-refractivity contribution in [2.24, 2.45) is 4.99 Å². The van der Waals surface area contributed by atoms with Crippen molar-refractivity contribution in [1.82, 2.24) is 10.6 Å². The summed E-state index contributed by atoms with van der Waals surface area (Å²) in [5, 5.41) is 6.33. The number of guanidine groups is 1. The topological polar surface area (TPSA) is 45.7 Å². The number of benzene rings is 2. The van der Waals surface area contributed by atoms with Gasteiger partial charge in [-0.3, -0.25) is 4.99 Å². The number of ether oxygens (including phenoxy) is 1. The Morgan fingerprint density at radius 3 is 2.70 bits per heavy atom. The molecule has 0 aliphatic rings. The zero-order valence-electron chi connectivity index (χ0n) is 13.5. The molecule has 2 aromatic carbocycles. The summed E-state index contributed by atoms with van der Waals surface area (Å²) >= 11 is 0. The minimum Gasteiger partial charge on any atom is -0.497 e.